The normalized spacial score (nSPS) is 18.1. The number of carbonyl (C=O) groups excluding carboxylic acids is 1. The number of amides is 2. The number of aliphatic hydroxyl groups is 1. The molecule has 12 nitrogen and oxygen atoms in total. The van der Waals surface area contributed by atoms with Crippen LogP contribution in [0.1, 0.15) is 33.0 Å². The van der Waals surface area contributed by atoms with E-state index in [1.54, 1.807) is 0 Å². The molecule has 1 aliphatic rings. The lowest BCUT2D eigenvalue weighted by Crippen LogP contribution is -2.56. The maximum atomic E-state index is 13.7. The molecule has 0 fully saturated rings. The summed E-state index contributed by atoms with van der Waals surface area (Å²) in [6.45, 7) is 2.04. The number of nitrogens with zero attached hydrogens (tertiary/aromatic N) is 3. The SMILES string of the molecule is Cc1nn(C(F)F)cc1S(=O)(=O)N1c2cc(NC(=O)O)ccc2O[C@@H](CNC(=O)C(C)(C)O)[C@H]1C. The third-order valence-electron chi connectivity index (χ3n) is 5.26. The van der Waals surface area contributed by atoms with Crippen molar-refractivity contribution >= 4 is 33.4 Å². The fourth-order valence-corrected chi connectivity index (χ4v) is 5.36. The van der Waals surface area contributed by atoms with Crippen molar-refractivity contribution in [1.29, 1.82) is 0 Å². The van der Waals surface area contributed by atoms with Crippen molar-refractivity contribution in [3.63, 3.8) is 0 Å². The third kappa shape index (κ3) is 5.30. The number of carbonyl (C=O) groups is 2. The van der Waals surface area contributed by atoms with Crippen molar-refractivity contribution in [3.05, 3.63) is 30.1 Å². The second kappa shape index (κ2) is 9.30. The molecule has 2 atom stereocenters. The number of benzene rings is 1. The van der Waals surface area contributed by atoms with Crippen molar-refractivity contribution in [3.8, 4) is 5.75 Å². The van der Waals surface area contributed by atoms with E-state index in [0.717, 1.165) is 4.31 Å². The first-order valence-corrected chi connectivity index (χ1v) is 11.8. The lowest BCUT2D eigenvalue weighted by molar-refractivity contribution is -0.136. The number of nitrogens with one attached hydrogen (secondary N) is 2. The van der Waals surface area contributed by atoms with E-state index in [2.05, 4.69) is 15.7 Å². The van der Waals surface area contributed by atoms with Crippen LogP contribution in [0.3, 0.4) is 0 Å². The Morgan fingerprint density at radius 1 is 1.31 bits per heavy atom. The van der Waals surface area contributed by atoms with Gasteiger partial charge in [0, 0.05) is 5.69 Å². The smallest absolute Gasteiger partial charge is 0.409 e. The summed E-state index contributed by atoms with van der Waals surface area (Å²) < 4.78 is 60.7. The Morgan fingerprint density at radius 3 is 2.51 bits per heavy atom. The quantitative estimate of drug-likeness (QED) is 0.433. The maximum absolute atomic E-state index is 13.7. The van der Waals surface area contributed by atoms with Crippen LogP contribution in [0.25, 0.3) is 0 Å². The summed E-state index contributed by atoms with van der Waals surface area (Å²) in [6.07, 6.45) is -1.63. The van der Waals surface area contributed by atoms with Crippen LogP contribution in [0, 0.1) is 6.92 Å². The van der Waals surface area contributed by atoms with Gasteiger partial charge in [-0.05, 0) is 45.9 Å². The molecule has 1 aliphatic heterocycles. The Bertz CT molecular complexity index is 1240. The van der Waals surface area contributed by atoms with Crippen LogP contribution in [0.2, 0.25) is 0 Å². The number of hydrogen-bond acceptors (Lipinski definition) is 7. The van der Waals surface area contributed by atoms with E-state index in [9.17, 15) is 31.9 Å². The van der Waals surface area contributed by atoms with E-state index in [1.807, 2.05) is 0 Å². The van der Waals surface area contributed by atoms with Crippen LogP contribution in [0.4, 0.5) is 25.0 Å². The average Bonchev–Trinajstić information content (AvgIpc) is 3.13. The molecular formula is C20H25F2N5O7S. The van der Waals surface area contributed by atoms with Crippen LogP contribution in [-0.4, -0.2) is 64.7 Å². The second-order valence-electron chi connectivity index (χ2n) is 8.42. The molecule has 2 aromatic rings. The largest absolute Gasteiger partial charge is 0.484 e. The van der Waals surface area contributed by atoms with Gasteiger partial charge in [-0.2, -0.15) is 13.9 Å². The molecule has 1 aromatic heterocycles. The van der Waals surface area contributed by atoms with Gasteiger partial charge in [-0.3, -0.25) is 14.4 Å². The number of anilines is 2. The van der Waals surface area contributed by atoms with Gasteiger partial charge in [-0.15, -0.1) is 0 Å². The van der Waals surface area contributed by atoms with Gasteiger partial charge < -0.3 is 20.3 Å². The lowest BCUT2D eigenvalue weighted by Gasteiger charge is -2.41. The Morgan fingerprint density at radius 2 is 1.97 bits per heavy atom. The van der Waals surface area contributed by atoms with Gasteiger partial charge in [0.2, 0.25) is 0 Å². The van der Waals surface area contributed by atoms with Crippen molar-refractivity contribution in [1.82, 2.24) is 15.1 Å². The minimum atomic E-state index is -4.51. The van der Waals surface area contributed by atoms with Crippen LogP contribution in [0.15, 0.2) is 29.3 Å². The van der Waals surface area contributed by atoms with Gasteiger partial charge in [-0.1, -0.05) is 0 Å². The number of alkyl halides is 2. The summed E-state index contributed by atoms with van der Waals surface area (Å²) in [6, 6.07) is 2.93. The molecule has 0 radical (unpaired) electrons. The number of hydrogen-bond donors (Lipinski definition) is 4. The zero-order chi connectivity index (χ0) is 26.3. The van der Waals surface area contributed by atoms with Gasteiger partial charge in [0.15, 0.2) is 0 Å². The van der Waals surface area contributed by atoms with E-state index < -0.39 is 51.2 Å². The fourth-order valence-electron chi connectivity index (χ4n) is 3.52. The molecule has 0 unspecified atom stereocenters. The Hall–Kier alpha value is -3.46. The van der Waals surface area contributed by atoms with E-state index in [-0.39, 0.29) is 34.0 Å². The minimum absolute atomic E-state index is 0.0426. The molecule has 192 valence electrons. The summed E-state index contributed by atoms with van der Waals surface area (Å²) in [5.41, 5.74) is -1.86. The molecule has 0 bridgehead atoms. The van der Waals surface area contributed by atoms with Gasteiger partial charge in [0.25, 0.3) is 15.9 Å². The molecule has 4 N–H and O–H groups in total. The number of sulfonamides is 1. The van der Waals surface area contributed by atoms with Crippen molar-refractivity contribution in [2.75, 3.05) is 16.2 Å². The molecule has 2 heterocycles. The zero-order valence-corrected chi connectivity index (χ0v) is 20.0. The molecular weight excluding hydrogens is 492 g/mol. The zero-order valence-electron chi connectivity index (χ0n) is 19.2. The third-order valence-corrected chi connectivity index (χ3v) is 7.27. The number of halogens is 2. The van der Waals surface area contributed by atoms with E-state index >= 15 is 0 Å². The lowest BCUT2D eigenvalue weighted by atomic mass is 10.1. The average molecular weight is 518 g/mol. The Balaban J connectivity index is 2.09. The van der Waals surface area contributed by atoms with Crippen LogP contribution < -0.4 is 19.7 Å². The Kier molecular flexibility index (Phi) is 6.95. The van der Waals surface area contributed by atoms with Gasteiger partial charge in [0.1, 0.15) is 22.4 Å². The molecule has 3 rings (SSSR count). The molecule has 1 aromatic carbocycles. The van der Waals surface area contributed by atoms with Gasteiger partial charge >= 0.3 is 12.6 Å². The fraction of sp³-hybridized carbons (Fsp3) is 0.450. The molecule has 0 saturated carbocycles. The first kappa shape index (κ1) is 26.2. The highest BCUT2D eigenvalue weighted by atomic mass is 32.2. The highest BCUT2D eigenvalue weighted by Gasteiger charge is 2.42. The molecule has 2 amide bonds. The number of ether oxygens (including phenoxy) is 1. The number of aryl methyl sites for hydroxylation is 1. The van der Waals surface area contributed by atoms with Crippen LogP contribution >= 0.6 is 0 Å². The summed E-state index contributed by atoms with van der Waals surface area (Å²) in [5.74, 6) is -0.674. The van der Waals surface area contributed by atoms with Crippen molar-refractivity contribution in [2.45, 2.75) is 56.9 Å². The minimum Gasteiger partial charge on any atom is -0.484 e. The first-order chi connectivity index (χ1) is 16.1. The topological polar surface area (TPSA) is 163 Å². The van der Waals surface area contributed by atoms with Crippen LogP contribution in [-0.2, 0) is 14.8 Å². The predicted octanol–water partition coefficient (Wildman–Crippen LogP) is 1.91. The summed E-state index contributed by atoms with van der Waals surface area (Å²) >= 11 is 0. The van der Waals surface area contributed by atoms with Crippen LogP contribution in [0.5, 0.6) is 5.75 Å². The summed E-state index contributed by atoms with van der Waals surface area (Å²) in [4.78, 5) is 22.7. The van der Waals surface area contributed by atoms with Crippen molar-refractivity contribution < 1.29 is 41.7 Å². The molecule has 0 saturated heterocycles. The maximum Gasteiger partial charge on any atom is 0.409 e. The number of fused-ring (bicyclic) bond motifs is 1. The van der Waals surface area contributed by atoms with Gasteiger partial charge in [0.05, 0.1) is 30.2 Å². The highest BCUT2D eigenvalue weighted by Crippen LogP contribution is 2.42. The molecule has 0 aliphatic carbocycles. The second-order valence-corrected chi connectivity index (χ2v) is 10.2. The van der Waals surface area contributed by atoms with E-state index in [0.29, 0.717) is 6.20 Å². The Labute approximate surface area is 199 Å². The number of carboxylic acid groups (broad SMARTS) is 1. The van der Waals surface area contributed by atoms with Crippen molar-refractivity contribution in [2.24, 2.45) is 0 Å². The predicted molar refractivity (Wildman–Crippen MR) is 119 cm³/mol. The standard InChI is InChI=1S/C20H25F2N5O7S/c1-10-16(9-26(25-10)18(21)22)35(32,33)27-11(2)15(8-23-17(28)20(3,4)31)34-14-6-5-12(7-13(14)27)24-19(29)30/h5-7,9,11,15,18,24,31H,8H2,1-4H3,(H,23,28)(H,29,30)/t11-,15+/m1/s1. The summed E-state index contributed by atoms with van der Waals surface area (Å²) in [5, 5.41) is 27.1. The van der Waals surface area contributed by atoms with E-state index in [4.69, 9.17) is 9.84 Å². The van der Waals surface area contributed by atoms with Gasteiger partial charge in [-0.25, -0.2) is 17.9 Å². The molecule has 0 spiro atoms. The highest BCUT2D eigenvalue weighted by molar-refractivity contribution is 7.93. The molecule has 15 heteroatoms. The monoisotopic (exact) mass is 517 g/mol. The molecule has 35 heavy (non-hydrogen) atoms. The van der Waals surface area contributed by atoms with E-state index in [1.165, 1.54) is 45.9 Å². The number of aromatic nitrogens is 2. The summed E-state index contributed by atoms with van der Waals surface area (Å²) in [7, 11) is -4.51. The first-order valence-electron chi connectivity index (χ1n) is 10.3. The number of rotatable bonds is 7.